The van der Waals surface area contributed by atoms with Crippen molar-refractivity contribution in [3.05, 3.63) is 88.1 Å². The highest BCUT2D eigenvalue weighted by molar-refractivity contribution is 7.89. The van der Waals surface area contributed by atoms with Gasteiger partial charge in [0.1, 0.15) is 5.75 Å². The Hall–Kier alpha value is -2.94. The molecule has 0 saturated heterocycles. The molecule has 0 unspecified atom stereocenters. The van der Waals surface area contributed by atoms with Crippen LogP contribution in [0, 0.1) is 0 Å². The minimum absolute atomic E-state index is 0.0600. The smallest absolute Gasteiger partial charge is 0.247 e. The number of methoxy groups -OCH3 is 1. The van der Waals surface area contributed by atoms with E-state index in [1.807, 2.05) is 41.8 Å². The Morgan fingerprint density at radius 1 is 1.09 bits per heavy atom. The molecule has 0 atom stereocenters. The van der Waals surface area contributed by atoms with Crippen LogP contribution in [0.2, 0.25) is 0 Å². The van der Waals surface area contributed by atoms with Crippen LogP contribution in [0.15, 0.2) is 77.0 Å². The quantitative estimate of drug-likeness (QED) is 0.434. The van der Waals surface area contributed by atoms with Gasteiger partial charge < -0.3 is 9.64 Å². The summed E-state index contributed by atoms with van der Waals surface area (Å²) in [7, 11) is -1.87. The highest BCUT2D eigenvalue weighted by atomic mass is 32.2. The zero-order valence-corrected chi connectivity index (χ0v) is 19.9. The van der Waals surface area contributed by atoms with E-state index in [4.69, 9.17) is 4.74 Å². The van der Waals surface area contributed by atoms with E-state index in [0.29, 0.717) is 13.1 Å². The number of amides is 1. The number of rotatable bonds is 10. The Labute approximate surface area is 198 Å². The van der Waals surface area contributed by atoms with Crippen molar-refractivity contribution in [2.45, 2.75) is 36.9 Å². The molecule has 172 valence electrons. The lowest BCUT2D eigenvalue weighted by Gasteiger charge is -2.22. The number of nitrogens with zero attached hydrogens (tertiary/aromatic N) is 1. The van der Waals surface area contributed by atoms with Crippen LogP contribution >= 0.6 is 11.3 Å². The lowest BCUT2D eigenvalue weighted by Crippen LogP contribution is -2.28. The largest absolute Gasteiger partial charge is 0.496 e. The first-order valence-corrected chi connectivity index (χ1v) is 13.0. The molecule has 4 rings (SSSR count). The van der Waals surface area contributed by atoms with Crippen molar-refractivity contribution in [1.82, 2.24) is 9.62 Å². The molecule has 1 aliphatic carbocycles. The Bertz CT molecular complexity index is 1220. The van der Waals surface area contributed by atoms with Gasteiger partial charge in [-0.15, -0.1) is 11.3 Å². The molecule has 0 radical (unpaired) electrons. The molecule has 1 aromatic heterocycles. The van der Waals surface area contributed by atoms with Gasteiger partial charge in [-0.25, -0.2) is 13.1 Å². The Balaban J connectivity index is 1.48. The average molecular weight is 483 g/mol. The fourth-order valence-corrected chi connectivity index (χ4v) is 5.39. The standard InChI is InChI=1S/C25H26N2O4S2/c1-31-24-7-3-2-5-20(24)17-27(18-22-6-4-16-32-22)25(28)15-10-19-8-13-23(14-9-19)33(29,30)26-21-11-12-21/h2-10,13-16,21,26H,11-12,17-18H2,1H3/b15-10+. The maximum Gasteiger partial charge on any atom is 0.247 e. The summed E-state index contributed by atoms with van der Waals surface area (Å²) in [6, 6.07) is 18.2. The number of hydrogen-bond donors (Lipinski definition) is 1. The predicted octanol–water partition coefficient (Wildman–Crippen LogP) is 4.44. The van der Waals surface area contributed by atoms with E-state index in [-0.39, 0.29) is 16.8 Å². The number of carbonyl (C=O) groups is 1. The van der Waals surface area contributed by atoms with Gasteiger partial charge in [-0.2, -0.15) is 0 Å². The van der Waals surface area contributed by atoms with E-state index in [1.165, 1.54) is 6.08 Å². The number of benzene rings is 2. The van der Waals surface area contributed by atoms with Crippen LogP contribution in [0.3, 0.4) is 0 Å². The van der Waals surface area contributed by atoms with Gasteiger partial charge >= 0.3 is 0 Å². The van der Waals surface area contributed by atoms with Gasteiger partial charge in [0, 0.05) is 29.1 Å². The van der Waals surface area contributed by atoms with Crippen molar-refractivity contribution in [2.75, 3.05) is 7.11 Å². The Morgan fingerprint density at radius 2 is 1.85 bits per heavy atom. The van der Waals surface area contributed by atoms with Crippen molar-refractivity contribution in [1.29, 1.82) is 0 Å². The van der Waals surface area contributed by atoms with E-state index in [0.717, 1.165) is 34.6 Å². The lowest BCUT2D eigenvalue weighted by atomic mass is 10.1. The summed E-state index contributed by atoms with van der Waals surface area (Å²) in [6.07, 6.45) is 5.00. The molecule has 1 saturated carbocycles. The molecule has 3 aromatic rings. The van der Waals surface area contributed by atoms with E-state index in [2.05, 4.69) is 4.72 Å². The number of thiophene rings is 1. The first kappa shape index (κ1) is 23.2. The van der Waals surface area contributed by atoms with Crippen LogP contribution < -0.4 is 9.46 Å². The second-order valence-electron chi connectivity index (χ2n) is 7.88. The molecule has 2 aromatic carbocycles. The van der Waals surface area contributed by atoms with Gasteiger partial charge in [-0.05, 0) is 54.1 Å². The highest BCUT2D eigenvalue weighted by Gasteiger charge is 2.27. The second kappa shape index (κ2) is 10.3. The maximum absolute atomic E-state index is 13.1. The van der Waals surface area contributed by atoms with Crippen molar-refractivity contribution in [3.8, 4) is 5.75 Å². The van der Waals surface area contributed by atoms with Crippen LogP contribution in [0.25, 0.3) is 6.08 Å². The van der Waals surface area contributed by atoms with E-state index in [1.54, 1.807) is 53.7 Å². The zero-order valence-electron chi connectivity index (χ0n) is 18.3. The first-order chi connectivity index (χ1) is 15.9. The van der Waals surface area contributed by atoms with E-state index >= 15 is 0 Å². The summed E-state index contributed by atoms with van der Waals surface area (Å²) < 4.78 is 32.8. The van der Waals surface area contributed by atoms with Crippen LogP contribution in [0.4, 0.5) is 0 Å². The van der Waals surface area contributed by atoms with E-state index in [9.17, 15) is 13.2 Å². The number of para-hydroxylation sites is 1. The van der Waals surface area contributed by atoms with Crippen molar-refractivity contribution < 1.29 is 17.9 Å². The SMILES string of the molecule is COc1ccccc1CN(Cc1cccs1)C(=O)/C=C/c1ccc(S(=O)(=O)NC2CC2)cc1. The summed E-state index contributed by atoms with van der Waals surface area (Å²) in [5, 5.41) is 1.99. The third-order valence-electron chi connectivity index (χ3n) is 5.30. The van der Waals surface area contributed by atoms with Gasteiger partial charge in [0.25, 0.3) is 0 Å². The summed E-state index contributed by atoms with van der Waals surface area (Å²) in [6.45, 7) is 0.901. The van der Waals surface area contributed by atoms with Crippen LogP contribution in [0.1, 0.15) is 28.8 Å². The lowest BCUT2D eigenvalue weighted by molar-refractivity contribution is -0.127. The fraction of sp³-hybridized carbons (Fsp3) is 0.240. The number of nitrogens with one attached hydrogen (secondary N) is 1. The molecule has 6 nitrogen and oxygen atoms in total. The fourth-order valence-electron chi connectivity index (χ4n) is 3.36. The molecular formula is C25H26N2O4S2. The molecule has 33 heavy (non-hydrogen) atoms. The third-order valence-corrected chi connectivity index (χ3v) is 7.70. The molecule has 1 N–H and O–H groups in total. The molecule has 1 amide bonds. The van der Waals surface area contributed by atoms with Gasteiger partial charge in [0.05, 0.1) is 18.6 Å². The molecule has 1 fully saturated rings. The molecule has 1 heterocycles. The summed E-state index contributed by atoms with van der Waals surface area (Å²) in [5.41, 5.74) is 1.68. The normalized spacial score (nSPS) is 13.8. The minimum Gasteiger partial charge on any atom is -0.496 e. The van der Waals surface area contributed by atoms with Crippen LogP contribution in [-0.4, -0.2) is 32.4 Å². The van der Waals surface area contributed by atoms with Gasteiger partial charge in [0.2, 0.25) is 15.9 Å². The molecule has 8 heteroatoms. The molecular weight excluding hydrogens is 456 g/mol. The van der Waals surface area contributed by atoms with Gasteiger partial charge in [0.15, 0.2) is 0 Å². The van der Waals surface area contributed by atoms with Crippen molar-refractivity contribution in [3.63, 3.8) is 0 Å². The Morgan fingerprint density at radius 3 is 2.52 bits per heavy atom. The number of carbonyl (C=O) groups excluding carboxylic acids is 1. The van der Waals surface area contributed by atoms with Crippen LogP contribution in [0.5, 0.6) is 5.75 Å². The summed E-state index contributed by atoms with van der Waals surface area (Å²) in [5.74, 6) is 0.600. The average Bonchev–Trinajstić information content (AvgIpc) is 3.47. The molecule has 1 aliphatic rings. The molecule has 0 spiro atoms. The van der Waals surface area contributed by atoms with Gasteiger partial charge in [-0.1, -0.05) is 36.4 Å². The van der Waals surface area contributed by atoms with E-state index < -0.39 is 10.0 Å². The Kier molecular flexibility index (Phi) is 7.27. The van der Waals surface area contributed by atoms with Gasteiger partial charge in [-0.3, -0.25) is 4.79 Å². The maximum atomic E-state index is 13.1. The van der Waals surface area contributed by atoms with Crippen molar-refractivity contribution >= 4 is 33.3 Å². The number of hydrogen-bond acceptors (Lipinski definition) is 5. The number of sulfonamides is 1. The second-order valence-corrected chi connectivity index (χ2v) is 10.6. The highest BCUT2D eigenvalue weighted by Crippen LogP contribution is 2.23. The summed E-state index contributed by atoms with van der Waals surface area (Å²) in [4.78, 5) is 16.2. The minimum atomic E-state index is -3.49. The summed E-state index contributed by atoms with van der Waals surface area (Å²) >= 11 is 1.60. The van der Waals surface area contributed by atoms with Crippen LogP contribution in [-0.2, 0) is 27.9 Å². The number of ether oxygens (including phenoxy) is 1. The first-order valence-electron chi connectivity index (χ1n) is 10.7. The molecule has 0 bridgehead atoms. The molecule has 0 aliphatic heterocycles. The third kappa shape index (κ3) is 6.31. The topological polar surface area (TPSA) is 75.7 Å². The predicted molar refractivity (Wildman–Crippen MR) is 130 cm³/mol. The monoisotopic (exact) mass is 482 g/mol. The zero-order chi connectivity index (χ0) is 23.3. The van der Waals surface area contributed by atoms with Crippen molar-refractivity contribution in [2.24, 2.45) is 0 Å².